The van der Waals surface area contributed by atoms with Crippen molar-refractivity contribution in [3.8, 4) is 5.75 Å². The number of aryl methyl sites for hydroxylation is 2. The largest absolute Gasteiger partial charge is 0.483 e. The highest BCUT2D eigenvalue weighted by Crippen LogP contribution is 2.24. The zero-order valence-corrected chi connectivity index (χ0v) is 12.1. The quantitative estimate of drug-likeness (QED) is 0.788. The van der Waals surface area contributed by atoms with Gasteiger partial charge < -0.3 is 15.8 Å². The normalized spacial score (nSPS) is 10.3. The maximum Gasteiger partial charge on any atom is 0.257 e. The molecule has 4 heteroatoms. The number of nitrogens with two attached hydrogens (primary N) is 1. The van der Waals surface area contributed by atoms with Crippen LogP contribution >= 0.6 is 0 Å². The molecule has 1 aromatic rings. The zero-order chi connectivity index (χ0) is 14.3. The van der Waals surface area contributed by atoms with Gasteiger partial charge in [-0.15, -0.1) is 0 Å². The number of amides is 1. The van der Waals surface area contributed by atoms with E-state index in [0.717, 1.165) is 29.7 Å². The standard InChI is InChI=1S/C15H24N2O2/c1-4-7-17-14(18)10-19-15-11(2)8-13(5-6-16)9-12(15)3/h8-9H,4-7,10,16H2,1-3H3,(H,17,18). The summed E-state index contributed by atoms with van der Waals surface area (Å²) in [6, 6.07) is 4.14. The minimum Gasteiger partial charge on any atom is -0.483 e. The fourth-order valence-corrected chi connectivity index (χ4v) is 2.03. The number of ether oxygens (including phenoxy) is 1. The first-order chi connectivity index (χ1) is 9.08. The highest BCUT2D eigenvalue weighted by molar-refractivity contribution is 5.77. The fourth-order valence-electron chi connectivity index (χ4n) is 2.03. The van der Waals surface area contributed by atoms with E-state index in [4.69, 9.17) is 10.5 Å². The Hall–Kier alpha value is -1.55. The van der Waals surface area contributed by atoms with E-state index in [1.54, 1.807) is 0 Å². The first kappa shape index (κ1) is 15.5. The van der Waals surface area contributed by atoms with Gasteiger partial charge in [0, 0.05) is 6.54 Å². The van der Waals surface area contributed by atoms with Crippen LogP contribution < -0.4 is 15.8 Å². The molecule has 19 heavy (non-hydrogen) atoms. The molecule has 0 unspecified atom stereocenters. The first-order valence-corrected chi connectivity index (χ1v) is 6.78. The molecule has 0 aliphatic carbocycles. The van der Waals surface area contributed by atoms with E-state index in [2.05, 4.69) is 17.4 Å². The van der Waals surface area contributed by atoms with Crippen molar-refractivity contribution in [2.24, 2.45) is 5.73 Å². The lowest BCUT2D eigenvalue weighted by Crippen LogP contribution is -2.29. The summed E-state index contributed by atoms with van der Waals surface area (Å²) in [4.78, 5) is 11.5. The summed E-state index contributed by atoms with van der Waals surface area (Å²) in [5.41, 5.74) is 8.86. The molecule has 0 fully saturated rings. The van der Waals surface area contributed by atoms with E-state index in [9.17, 15) is 4.79 Å². The van der Waals surface area contributed by atoms with Crippen molar-refractivity contribution in [3.63, 3.8) is 0 Å². The molecule has 0 atom stereocenters. The SMILES string of the molecule is CCCNC(=O)COc1c(C)cc(CCN)cc1C. The topological polar surface area (TPSA) is 64.3 Å². The third-order valence-corrected chi connectivity index (χ3v) is 2.87. The van der Waals surface area contributed by atoms with Gasteiger partial charge >= 0.3 is 0 Å². The lowest BCUT2D eigenvalue weighted by Gasteiger charge is -2.14. The lowest BCUT2D eigenvalue weighted by atomic mass is 10.0. The second kappa shape index (κ2) is 7.79. The van der Waals surface area contributed by atoms with Crippen LogP contribution in [0.15, 0.2) is 12.1 Å². The molecule has 0 aliphatic rings. The molecule has 0 radical (unpaired) electrons. The molecule has 0 spiro atoms. The van der Waals surface area contributed by atoms with Crippen LogP contribution in [0.4, 0.5) is 0 Å². The number of benzene rings is 1. The van der Waals surface area contributed by atoms with Gasteiger partial charge in [0.1, 0.15) is 5.75 Å². The molecule has 106 valence electrons. The molecule has 3 N–H and O–H groups in total. The molecule has 1 amide bonds. The Morgan fingerprint density at radius 2 is 1.95 bits per heavy atom. The molecule has 4 nitrogen and oxygen atoms in total. The average molecular weight is 264 g/mol. The van der Waals surface area contributed by atoms with Crippen LogP contribution in [0.3, 0.4) is 0 Å². The zero-order valence-electron chi connectivity index (χ0n) is 12.1. The lowest BCUT2D eigenvalue weighted by molar-refractivity contribution is -0.123. The van der Waals surface area contributed by atoms with Crippen molar-refractivity contribution in [3.05, 3.63) is 28.8 Å². The Kier molecular flexibility index (Phi) is 6.36. The summed E-state index contributed by atoms with van der Waals surface area (Å²) in [5.74, 6) is 0.721. The highest BCUT2D eigenvalue weighted by atomic mass is 16.5. The summed E-state index contributed by atoms with van der Waals surface area (Å²) in [5, 5.41) is 2.79. The van der Waals surface area contributed by atoms with Gasteiger partial charge in [0.25, 0.3) is 5.91 Å². The van der Waals surface area contributed by atoms with E-state index < -0.39 is 0 Å². The van der Waals surface area contributed by atoms with E-state index in [-0.39, 0.29) is 12.5 Å². The second-order valence-electron chi connectivity index (χ2n) is 4.74. The number of rotatable bonds is 7. The van der Waals surface area contributed by atoms with Crippen molar-refractivity contribution in [1.82, 2.24) is 5.32 Å². The molecular weight excluding hydrogens is 240 g/mol. The second-order valence-corrected chi connectivity index (χ2v) is 4.74. The third kappa shape index (κ3) is 4.91. The molecule has 0 aromatic heterocycles. The van der Waals surface area contributed by atoms with E-state index in [1.165, 1.54) is 5.56 Å². The van der Waals surface area contributed by atoms with Crippen LogP contribution in [0.2, 0.25) is 0 Å². The first-order valence-electron chi connectivity index (χ1n) is 6.78. The van der Waals surface area contributed by atoms with E-state index >= 15 is 0 Å². The van der Waals surface area contributed by atoms with Gasteiger partial charge in [0.05, 0.1) is 0 Å². The number of hydrogen-bond donors (Lipinski definition) is 2. The van der Waals surface area contributed by atoms with Crippen LogP contribution in [-0.4, -0.2) is 25.6 Å². The van der Waals surface area contributed by atoms with Crippen LogP contribution in [0, 0.1) is 13.8 Å². The highest BCUT2D eigenvalue weighted by Gasteiger charge is 2.08. The predicted molar refractivity (Wildman–Crippen MR) is 77.5 cm³/mol. The van der Waals surface area contributed by atoms with Crippen molar-refractivity contribution in [1.29, 1.82) is 0 Å². The molecule has 0 aliphatic heterocycles. The number of hydrogen-bond acceptors (Lipinski definition) is 3. The van der Waals surface area contributed by atoms with Gasteiger partial charge in [-0.3, -0.25) is 4.79 Å². The molecule has 0 heterocycles. The number of carbonyl (C=O) groups is 1. The maximum absolute atomic E-state index is 11.5. The van der Waals surface area contributed by atoms with Crippen molar-refractivity contribution < 1.29 is 9.53 Å². The maximum atomic E-state index is 11.5. The molecular formula is C15H24N2O2. The Morgan fingerprint density at radius 1 is 1.32 bits per heavy atom. The Balaban J connectivity index is 2.65. The molecule has 1 aromatic carbocycles. The number of carbonyl (C=O) groups excluding carboxylic acids is 1. The van der Waals surface area contributed by atoms with E-state index in [1.807, 2.05) is 20.8 Å². The van der Waals surface area contributed by atoms with Crippen LogP contribution in [-0.2, 0) is 11.2 Å². The van der Waals surface area contributed by atoms with Gasteiger partial charge in [-0.25, -0.2) is 0 Å². The smallest absolute Gasteiger partial charge is 0.257 e. The Bertz CT molecular complexity index is 407. The minimum absolute atomic E-state index is 0.0674. The molecule has 1 rings (SSSR count). The fraction of sp³-hybridized carbons (Fsp3) is 0.533. The monoisotopic (exact) mass is 264 g/mol. The summed E-state index contributed by atoms with van der Waals surface area (Å²) < 4.78 is 5.62. The Labute approximate surface area is 115 Å². The van der Waals surface area contributed by atoms with Crippen molar-refractivity contribution >= 4 is 5.91 Å². The van der Waals surface area contributed by atoms with Crippen LogP contribution in [0.1, 0.15) is 30.0 Å². The van der Waals surface area contributed by atoms with E-state index in [0.29, 0.717) is 13.1 Å². The minimum atomic E-state index is -0.0771. The summed E-state index contributed by atoms with van der Waals surface area (Å²) >= 11 is 0. The van der Waals surface area contributed by atoms with Crippen LogP contribution in [0.25, 0.3) is 0 Å². The van der Waals surface area contributed by atoms with Gasteiger partial charge in [0.2, 0.25) is 0 Å². The average Bonchev–Trinajstić information content (AvgIpc) is 2.35. The van der Waals surface area contributed by atoms with Crippen molar-refractivity contribution in [2.75, 3.05) is 19.7 Å². The van der Waals surface area contributed by atoms with Crippen molar-refractivity contribution in [2.45, 2.75) is 33.6 Å². The molecule has 0 saturated heterocycles. The Morgan fingerprint density at radius 3 is 2.47 bits per heavy atom. The van der Waals surface area contributed by atoms with Gasteiger partial charge in [-0.05, 0) is 49.9 Å². The van der Waals surface area contributed by atoms with Gasteiger partial charge in [-0.2, -0.15) is 0 Å². The number of nitrogens with one attached hydrogen (secondary N) is 1. The predicted octanol–water partition coefficient (Wildman–Crippen LogP) is 1.71. The molecule has 0 saturated carbocycles. The van der Waals surface area contributed by atoms with Crippen LogP contribution in [0.5, 0.6) is 5.75 Å². The molecule has 0 bridgehead atoms. The summed E-state index contributed by atoms with van der Waals surface area (Å²) in [7, 11) is 0. The summed E-state index contributed by atoms with van der Waals surface area (Å²) in [6.45, 7) is 7.40. The van der Waals surface area contributed by atoms with Gasteiger partial charge in [0.15, 0.2) is 6.61 Å². The summed E-state index contributed by atoms with van der Waals surface area (Å²) in [6.07, 6.45) is 1.79. The third-order valence-electron chi connectivity index (χ3n) is 2.87. The van der Waals surface area contributed by atoms with Gasteiger partial charge in [-0.1, -0.05) is 19.1 Å².